The average Bonchev–Trinajstić information content (AvgIpc) is 2.82. The summed E-state index contributed by atoms with van der Waals surface area (Å²) in [5.41, 5.74) is 5.53. The van der Waals surface area contributed by atoms with Gasteiger partial charge in [0.1, 0.15) is 0 Å². The summed E-state index contributed by atoms with van der Waals surface area (Å²) in [6.45, 7) is 1.49. The Hall–Kier alpha value is -1.67. The molecule has 1 aliphatic heterocycles. The lowest BCUT2D eigenvalue weighted by Gasteiger charge is -2.31. The minimum Gasteiger partial charge on any atom is -0.394 e. The zero-order chi connectivity index (χ0) is 13.0. The first-order chi connectivity index (χ1) is 8.72. The van der Waals surface area contributed by atoms with Crippen LogP contribution >= 0.6 is 0 Å². The summed E-state index contributed by atoms with van der Waals surface area (Å²) in [4.78, 5) is 13.7. The standard InChI is InChI=1S/C10H16N4O4/c11-9-8(12-18-13-9)10(16)14-3-1-7(2-4-14)17-6-5-15/h7,15H,1-6H2,(H2,11,13). The molecule has 2 rings (SSSR count). The Morgan fingerprint density at radius 3 is 2.78 bits per heavy atom. The predicted octanol–water partition coefficient (Wildman–Crippen LogP) is -0.735. The lowest BCUT2D eigenvalue weighted by atomic mass is 10.1. The molecule has 0 bridgehead atoms. The lowest BCUT2D eigenvalue weighted by Crippen LogP contribution is -2.41. The van der Waals surface area contributed by atoms with Crippen molar-refractivity contribution in [1.82, 2.24) is 15.2 Å². The molecular formula is C10H16N4O4. The summed E-state index contributed by atoms with van der Waals surface area (Å²) in [5.74, 6) is -0.256. The van der Waals surface area contributed by atoms with Crippen LogP contribution in [0.1, 0.15) is 23.3 Å². The van der Waals surface area contributed by atoms with Crippen LogP contribution in [0.25, 0.3) is 0 Å². The van der Waals surface area contributed by atoms with Crippen LogP contribution in [0.15, 0.2) is 4.63 Å². The molecule has 8 heteroatoms. The molecule has 18 heavy (non-hydrogen) atoms. The number of rotatable bonds is 4. The molecule has 1 aromatic rings. The van der Waals surface area contributed by atoms with Crippen LogP contribution in [-0.4, -0.2) is 58.6 Å². The number of hydrogen-bond acceptors (Lipinski definition) is 7. The maximum absolute atomic E-state index is 12.0. The minimum atomic E-state index is -0.269. The number of ether oxygens (including phenoxy) is 1. The van der Waals surface area contributed by atoms with Crippen LogP contribution in [-0.2, 0) is 4.74 Å². The largest absolute Gasteiger partial charge is 0.394 e. The molecule has 0 radical (unpaired) electrons. The van der Waals surface area contributed by atoms with Gasteiger partial charge < -0.3 is 20.5 Å². The van der Waals surface area contributed by atoms with E-state index in [0.29, 0.717) is 19.7 Å². The van der Waals surface area contributed by atoms with Gasteiger partial charge in [0.15, 0.2) is 0 Å². The van der Waals surface area contributed by atoms with Gasteiger partial charge in [-0.05, 0) is 23.2 Å². The van der Waals surface area contributed by atoms with E-state index in [1.54, 1.807) is 4.90 Å². The number of likely N-dealkylation sites (tertiary alicyclic amines) is 1. The maximum Gasteiger partial charge on any atom is 0.280 e. The van der Waals surface area contributed by atoms with Crippen LogP contribution in [0.5, 0.6) is 0 Å². The topological polar surface area (TPSA) is 115 Å². The van der Waals surface area contributed by atoms with Crippen molar-refractivity contribution in [1.29, 1.82) is 0 Å². The van der Waals surface area contributed by atoms with Crippen molar-refractivity contribution < 1.29 is 19.3 Å². The van der Waals surface area contributed by atoms with Gasteiger partial charge >= 0.3 is 0 Å². The van der Waals surface area contributed by atoms with Gasteiger partial charge in [0.2, 0.25) is 11.5 Å². The molecule has 1 aromatic heterocycles. The number of piperidine rings is 1. The van der Waals surface area contributed by atoms with Crippen molar-refractivity contribution in [3.05, 3.63) is 5.69 Å². The number of nitrogens with zero attached hydrogens (tertiary/aromatic N) is 3. The third-order valence-corrected chi connectivity index (χ3v) is 2.89. The lowest BCUT2D eigenvalue weighted by molar-refractivity contribution is -0.00569. The van der Waals surface area contributed by atoms with Gasteiger partial charge in [0.25, 0.3) is 5.91 Å². The van der Waals surface area contributed by atoms with Crippen LogP contribution in [0.3, 0.4) is 0 Å². The zero-order valence-electron chi connectivity index (χ0n) is 9.91. The highest BCUT2D eigenvalue weighted by Gasteiger charge is 2.27. The van der Waals surface area contributed by atoms with Crippen molar-refractivity contribution in [2.24, 2.45) is 0 Å². The van der Waals surface area contributed by atoms with Crippen LogP contribution in [0.4, 0.5) is 5.82 Å². The molecule has 0 spiro atoms. The molecule has 1 amide bonds. The Balaban J connectivity index is 1.86. The van der Waals surface area contributed by atoms with E-state index >= 15 is 0 Å². The molecule has 3 N–H and O–H groups in total. The zero-order valence-corrected chi connectivity index (χ0v) is 9.91. The summed E-state index contributed by atoms with van der Waals surface area (Å²) in [5, 5.41) is 15.5. The van der Waals surface area contributed by atoms with Crippen molar-refractivity contribution in [3.8, 4) is 0 Å². The second kappa shape index (κ2) is 5.78. The molecule has 2 heterocycles. The van der Waals surface area contributed by atoms with E-state index in [9.17, 15) is 4.79 Å². The Bertz CT molecular complexity index is 400. The Morgan fingerprint density at radius 1 is 1.50 bits per heavy atom. The second-order valence-electron chi connectivity index (χ2n) is 4.08. The van der Waals surface area contributed by atoms with Crippen molar-refractivity contribution in [2.45, 2.75) is 18.9 Å². The first-order valence-corrected chi connectivity index (χ1v) is 5.82. The normalized spacial score (nSPS) is 17.1. The van der Waals surface area contributed by atoms with Gasteiger partial charge in [0.05, 0.1) is 19.3 Å². The first-order valence-electron chi connectivity index (χ1n) is 5.82. The molecule has 0 aliphatic carbocycles. The molecule has 1 saturated heterocycles. The molecule has 0 atom stereocenters. The van der Waals surface area contributed by atoms with E-state index < -0.39 is 0 Å². The fourth-order valence-electron chi connectivity index (χ4n) is 1.94. The van der Waals surface area contributed by atoms with E-state index in [0.717, 1.165) is 12.8 Å². The molecule has 1 fully saturated rings. The Labute approximate surface area is 104 Å². The highest BCUT2D eigenvalue weighted by Crippen LogP contribution is 2.17. The molecule has 0 unspecified atom stereocenters. The number of carbonyl (C=O) groups excluding carboxylic acids is 1. The van der Waals surface area contributed by atoms with E-state index in [2.05, 4.69) is 14.9 Å². The SMILES string of the molecule is Nc1nonc1C(=O)N1CCC(OCCO)CC1. The predicted molar refractivity (Wildman–Crippen MR) is 60.7 cm³/mol. The number of amides is 1. The highest BCUT2D eigenvalue weighted by molar-refractivity contribution is 5.96. The monoisotopic (exact) mass is 256 g/mol. The van der Waals surface area contributed by atoms with Gasteiger partial charge in [-0.25, -0.2) is 4.63 Å². The summed E-state index contributed by atoms with van der Waals surface area (Å²) in [7, 11) is 0. The van der Waals surface area contributed by atoms with Gasteiger partial charge in [-0.15, -0.1) is 0 Å². The van der Waals surface area contributed by atoms with Crippen LogP contribution < -0.4 is 5.73 Å². The van der Waals surface area contributed by atoms with Gasteiger partial charge in [0, 0.05) is 13.1 Å². The fourth-order valence-corrected chi connectivity index (χ4v) is 1.94. The summed E-state index contributed by atoms with van der Waals surface area (Å²) in [6.07, 6.45) is 1.56. The summed E-state index contributed by atoms with van der Waals surface area (Å²) >= 11 is 0. The minimum absolute atomic E-state index is 0.0126. The Kier molecular flexibility index (Phi) is 4.11. The summed E-state index contributed by atoms with van der Waals surface area (Å²) in [6, 6.07) is 0. The molecule has 0 aromatic carbocycles. The number of nitrogen functional groups attached to an aromatic ring is 1. The third-order valence-electron chi connectivity index (χ3n) is 2.89. The van der Waals surface area contributed by atoms with Crippen LogP contribution in [0, 0.1) is 0 Å². The van der Waals surface area contributed by atoms with E-state index in [1.807, 2.05) is 0 Å². The Morgan fingerprint density at radius 2 is 2.22 bits per heavy atom. The first kappa shape index (κ1) is 12.8. The number of nitrogens with two attached hydrogens (primary N) is 1. The fraction of sp³-hybridized carbons (Fsp3) is 0.700. The van der Waals surface area contributed by atoms with Crippen molar-refractivity contribution >= 4 is 11.7 Å². The second-order valence-corrected chi connectivity index (χ2v) is 4.08. The molecule has 8 nitrogen and oxygen atoms in total. The highest BCUT2D eigenvalue weighted by atomic mass is 16.6. The van der Waals surface area contributed by atoms with E-state index in [-0.39, 0.29) is 30.1 Å². The van der Waals surface area contributed by atoms with Crippen molar-refractivity contribution in [3.63, 3.8) is 0 Å². The van der Waals surface area contributed by atoms with Crippen LogP contribution in [0.2, 0.25) is 0 Å². The summed E-state index contributed by atoms with van der Waals surface area (Å²) < 4.78 is 9.82. The van der Waals surface area contributed by atoms with Gasteiger partial charge in [-0.1, -0.05) is 0 Å². The molecular weight excluding hydrogens is 240 g/mol. The van der Waals surface area contributed by atoms with E-state index in [1.165, 1.54) is 0 Å². The average molecular weight is 256 g/mol. The van der Waals surface area contributed by atoms with Gasteiger partial charge in [-0.3, -0.25) is 4.79 Å². The molecule has 100 valence electrons. The third kappa shape index (κ3) is 2.77. The number of aliphatic hydroxyl groups excluding tert-OH is 1. The number of aromatic nitrogens is 2. The van der Waals surface area contributed by atoms with E-state index in [4.69, 9.17) is 15.6 Å². The number of anilines is 1. The van der Waals surface area contributed by atoms with Crippen molar-refractivity contribution in [2.75, 3.05) is 32.0 Å². The van der Waals surface area contributed by atoms with Gasteiger partial charge in [-0.2, -0.15) is 0 Å². The number of carbonyl (C=O) groups is 1. The quantitative estimate of drug-likeness (QED) is 0.729. The smallest absolute Gasteiger partial charge is 0.280 e. The molecule has 1 aliphatic rings. The number of aliphatic hydroxyl groups is 1. The molecule has 0 saturated carbocycles. The number of hydrogen-bond donors (Lipinski definition) is 2. The maximum atomic E-state index is 12.0.